The molecule has 1 aromatic rings. The van der Waals surface area contributed by atoms with E-state index in [2.05, 4.69) is 17.5 Å². The van der Waals surface area contributed by atoms with Crippen LogP contribution in [0.3, 0.4) is 0 Å². The van der Waals surface area contributed by atoms with Gasteiger partial charge in [-0.15, -0.1) is 0 Å². The first-order chi connectivity index (χ1) is 7.66. The smallest absolute Gasteiger partial charge is 0.151 e. The Hall–Kier alpha value is -1.58. The van der Waals surface area contributed by atoms with Gasteiger partial charge in [0.2, 0.25) is 0 Å². The highest BCUT2D eigenvalue weighted by molar-refractivity contribution is 5.67. The Morgan fingerprint density at radius 3 is 2.75 bits per heavy atom. The molecule has 0 fully saturated rings. The van der Waals surface area contributed by atoms with Crippen molar-refractivity contribution in [3.05, 3.63) is 35.9 Å². The van der Waals surface area contributed by atoms with E-state index in [1.165, 1.54) is 6.07 Å². The third-order valence-electron chi connectivity index (χ3n) is 2.72. The topological polar surface area (TPSA) is 38.0 Å². The van der Waals surface area contributed by atoms with Crippen LogP contribution in [0.5, 0.6) is 0 Å². The Balaban J connectivity index is 2.17. The first-order valence-corrected chi connectivity index (χ1v) is 5.33. The molecule has 0 saturated heterocycles. The molecule has 16 heavy (non-hydrogen) atoms. The number of hydrogen-bond donors (Lipinski definition) is 2. The van der Waals surface area contributed by atoms with E-state index in [0.717, 1.165) is 25.3 Å². The fourth-order valence-electron chi connectivity index (χ4n) is 1.85. The summed E-state index contributed by atoms with van der Waals surface area (Å²) in [6, 6.07) is 2.23. The first-order valence-electron chi connectivity index (χ1n) is 5.33. The van der Waals surface area contributed by atoms with E-state index in [4.69, 9.17) is 5.73 Å². The molecule has 1 aromatic carbocycles. The second kappa shape index (κ2) is 4.51. The van der Waals surface area contributed by atoms with Gasteiger partial charge in [0, 0.05) is 12.1 Å². The average Bonchev–Trinajstić information content (AvgIpc) is 2.27. The Labute approximate surface area is 93.1 Å². The van der Waals surface area contributed by atoms with E-state index in [1.807, 2.05) is 0 Å². The van der Waals surface area contributed by atoms with E-state index in [1.54, 1.807) is 0 Å². The number of allylic oxidation sites excluding steroid dienone is 1. The van der Waals surface area contributed by atoms with Gasteiger partial charge < -0.3 is 11.1 Å². The van der Waals surface area contributed by atoms with E-state index in [-0.39, 0.29) is 11.7 Å². The SMILES string of the molecule is Nc1c(F)cc(F)cc1NC1CC=CCC1. The summed E-state index contributed by atoms with van der Waals surface area (Å²) in [7, 11) is 0. The highest BCUT2D eigenvalue weighted by Crippen LogP contribution is 2.26. The lowest BCUT2D eigenvalue weighted by Gasteiger charge is -2.21. The van der Waals surface area contributed by atoms with Gasteiger partial charge in [0.15, 0.2) is 5.82 Å². The molecule has 1 aliphatic rings. The van der Waals surface area contributed by atoms with Crippen molar-refractivity contribution in [1.82, 2.24) is 0 Å². The van der Waals surface area contributed by atoms with Crippen LogP contribution in [0.15, 0.2) is 24.3 Å². The van der Waals surface area contributed by atoms with Crippen LogP contribution in [0.2, 0.25) is 0 Å². The van der Waals surface area contributed by atoms with Crippen LogP contribution >= 0.6 is 0 Å². The van der Waals surface area contributed by atoms with Crippen LogP contribution in [-0.4, -0.2) is 6.04 Å². The van der Waals surface area contributed by atoms with Gasteiger partial charge >= 0.3 is 0 Å². The zero-order valence-electron chi connectivity index (χ0n) is 8.84. The molecule has 4 heteroatoms. The maximum atomic E-state index is 13.2. The van der Waals surface area contributed by atoms with Crippen molar-refractivity contribution in [2.75, 3.05) is 11.1 Å². The molecule has 0 amide bonds. The normalized spacial score (nSPS) is 19.8. The minimum absolute atomic E-state index is 0.0176. The zero-order chi connectivity index (χ0) is 11.5. The number of benzene rings is 1. The van der Waals surface area contributed by atoms with Crippen molar-refractivity contribution in [1.29, 1.82) is 0 Å². The Morgan fingerprint density at radius 2 is 2.06 bits per heavy atom. The number of nitrogens with one attached hydrogen (secondary N) is 1. The molecule has 0 bridgehead atoms. The van der Waals surface area contributed by atoms with Crippen LogP contribution in [-0.2, 0) is 0 Å². The summed E-state index contributed by atoms with van der Waals surface area (Å²) in [6.45, 7) is 0. The third-order valence-corrected chi connectivity index (χ3v) is 2.72. The van der Waals surface area contributed by atoms with Gasteiger partial charge in [0.25, 0.3) is 0 Å². The van der Waals surface area contributed by atoms with Crippen LogP contribution in [0.25, 0.3) is 0 Å². The molecule has 0 saturated carbocycles. The van der Waals surface area contributed by atoms with Crippen LogP contribution < -0.4 is 11.1 Å². The Bertz CT molecular complexity index is 416. The molecular weight excluding hydrogens is 210 g/mol. The molecule has 3 N–H and O–H groups in total. The predicted octanol–water partition coefficient (Wildman–Crippen LogP) is 3.07. The molecule has 0 aromatic heterocycles. The fourth-order valence-corrected chi connectivity index (χ4v) is 1.85. The van der Waals surface area contributed by atoms with Gasteiger partial charge in [0.05, 0.1) is 11.4 Å². The average molecular weight is 224 g/mol. The van der Waals surface area contributed by atoms with Crippen LogP contribution in [0, 0.1) is 11.6 Å². The molecule has 86 valence electrons. The summed E-state index contributed by atoms with van der Waals surface area (Å²) in [6.07, 6.45) is 6.96. The minimum atomic E-state index is -0.714. The second-order valence-corrected chi connectivity index (χ2v) is 3.97. The van der Waals surface area contributed by atoms with Gasteiger partial charge in [-0.1, -0.05) is 12.2 Å². The van der Waals surface area contributed by atoms with E-state index < -0.39 is 11.6 Å². The molecule has 2 nitrogen and oxygen atoms in total. The largest absolute Gasteiger partial charge is 0.395 e. The molecule has 0 aliphatic heterocycles. The fraction of sp³-hybridized carbons (Fsp3) is 0.333. The van der Waals surface area contributed by atoms with Gasteiger partial charge in [-0.2, -0.15) is 0 Å². The van der Waals surface area contributed by atoms with Crippen LogP contribution in [0.4, 0.5) is 20.2 Å². The highest BCUT2D eigenvalue weighted by atomic mass is 19.1. The van der Waals surface area contributed by atoms with Crippen molar-refractivity contribution in [3.8, 4) is 0 Å². The quantitative estimate of drug-likeness (QED) is 0.598. The van der Waals surface area contributed by atoms with E-state index in [0.29, 0.717) is 5.69 Å². The maximum absolute atomic E-state index is 13.2. The Morgan fingerprint density at radius 1 is 1.25 bits per heavy atom. The van der Waals surface area contributed by atoms with Gasteiger partial charge in [-0.3, -0.25) is 0 Å². The highest BCUT2D eigenvalue weighted by Gasteiger charge is 2.13. The maximum Gasteiger partial charge on any atom is 0.151 e. The molecule has 1 unspecified atom stereocenters. The standard InChI is InChI=1S/C12H14F2N2/c13-8-6-10(14)12(15)11(7-8)16-9-4-2-1-3-5-9/h1-2,6-7,9,16H,3-5,15H2. The minimum Gasteiger partial charge on any atom is -0.395 e. The lowest BCUT2D eigenvalue weighted by atomic mass is 10.0. The van der Waals surface area contributed by atoms with Gasteiger partial charge in [-0.25, -0.2) is 8.78 Å². The van der Waals surface area contributed by atoms with Crippen molar-refractivity contribution >= 4 is 11.4 Å². The molecule has 1 aliphatic carbocycles. The number of rotatable bonds is 2. The summed E-state index contributed by atoms with van der Waals surface area (Å²) in [5.74, 6) is -1.32. The summed E-state index contributed by atoms with van der Waals surface area (Å²) >= 11 is 0. The summed E-state index contributed by atoms with van der Waals surface area (Å²) in [4.78, 5) is 0. The van der Waals surface area contributed by atoms with Crippen molar-refractivity contribution in [3.63, 3.8) is 0 Å². The zero-order valence-corrected chi connectivity index (χ0v) is 8.84. The summed E-state index contributed by atoms with van der Waals surface area (Å²) in [5, 5.41) is 3.07. The molecule has 0 radical (unpaired) electrons. The summed E-state index contributed by atoms with van der Waals surface area (Å²) < 4.78 is 26.2. The van der Waals surface area contributed by atoms with Crippen molar-refractivity contribution in [2.24, 2.45) is 0 Å². The lowest BCUT2D eigenvalue weighted by Crippen LogP contribution is -2.21. The monoisotopic (exact) mass is 224 g/mol. The first kappa shape index (κ1) is 10.9. The molecule has 0 heterocycles. The molecule has 2 rings (SSSR count). The van der Waals surface area contributed by atoms with Gasteiger partial charge in [-0.05, 0) is 25.3 Å². The Kier molecular flexibility index (Phi) is 3.08. The number of anilines is 2. The predicted molar refractivity (Wildman–Crippen MR) is 61.2 cm³/mol. The van der Waals surface area contributed by atoms with Crippen molar-refractivity contribution in [2.45, 2.75) is 25.3 Å². The van der Waals surface area contributed by atoms with Gasteiger partial charge in [0.1, 0.15) is 5.82 Å². The molecule has 0 spiro atoms. The lowest BCUT2D eigenvalue weighted by molar-refractivity contribution is 0.584. The summed E-state index contributed by atoms with van der Waals surface area (Å²) in [5.41, 5.74) is 5.87. The molecular formula is C12H14F2N2. The van der Waals surface area contributed by atoms with Crippen LogP contribution in [0.1, 0.15) is 19.3 Å². The van der Waals surface area contributed by atoms with E-state index >= 15 is 0 Å². The number of hydrogen-bond acceptors (Lipinski definition) is 2. The molecule has 1 atom stereocenters. The number of halogens is 2. The van der Waals surface area contributed by atoms with Crippen molar-refractivity contribution < 1.29 is 8.78 Å². The number of nitrogens with two attached hydrogens (primary N) is 1. The third kappa shape index (κ3) is 2.32. The second-order valence-electron chi connectivity index (χ2n) is 3.97. The number of nitrogen functional groups attached to an aromatic ring is 1. The van der Waals surface area contributed by atoms with E-state index in [9.17, 15) is 8.78 Å².